The highest BCUT2D eigenvalue weighted by Gasteiger charge is 2.19. The number of thioether (sulfide) groups is 1. The smallest absolute Gasteiger partial charge is 0.147 e. The minimum atomic E-state index is -0.428. The highest BCUT2D eigenvalue weighted by Crippen LogP contribution is 2.32. The number of benzene rings is 1. The van der Waals surface area contributed by atoms with Gasteiger partial charge in [0.15, 0.2) is 0 Å². The molecule has 96 valence electrons. The molecule has 2 N–H and O–H groups in total. The molecule has 0 saturated carbocycles. The van der Waals surface area contributed by atoms with E-state index >= 15 is 0 Å². The molecule has 0 bridgehead atoms. The monoisotopic (exact) mass is 339 g/mol. The fraction of sp³-hybridized carbons (Fsp3) is 0.500. The summed E-state index contributed by atoms with van der Waals surface area (Å²) in [4.78, 5) is 0. The zero-order valence-corrected chi connectivity index (χ0v) is 13.2. The van der Waals surface area contributed by atoms with Gasteiger partial charge in [-0.2, -0.15) is 11.8 Å². The van der Waals surface area contributed by atoms with Crippen LogP contribution in [0.5, 0.6) is 0 Å². The summed E-state index contributed by atoms with van der Waals surface area (Å²) in [6.45, 7) is 6.32. The summed E-state index contributed by atoms with van der Waals surface area (Å²) in [6.07, 6.45) is 0. The third kappa shape index (κ3) is 4.43. The lowest BCUT2D eigenvalue weighted by Crippen LogP contribution is -2.19. The third-order valence-corrected chi connectivity index (χ3v) is 4.81. The van der Waals surface area contributed by atoms with Crippen LogP contribution in [0, 0.1) is 5.82 Å². The van der Waals surface area contributed by atoms with Crippen molar-refractivity contribution in [3.8, 4) is 0 Å². The molecule has 17 heavy (non-hydrogen) atoms. The van der Waals surface area contributed by atoms with Gasteiger partial charge in [0.25, 0.3) is 0 Å². The molecule has 0 fully saturated rings. The first-order chi connectivity index (χ1) is 7.72. The number of nitrogens with two attached hydrogens (primary N) is 1. The zero-order valence-electron chi connectivity index (χ0n) is 10.1. The van der Waals surface area contributed by atoms with Gasteiger partial charge in [-0.05, 0) is 22.0 Å². The molecule has 1 rings (SSSR count). The Hall–Kier alpha value is 0.230. The molecule has 1 aromatic rings. The molecule has 1 aromatic carbocycles. The summed E-state index contributed by atoms with van der Waals surface area (Å²) >= 11 is 10.7. The Labute approximate surface area is 119 Å². The molecule has 1 nitrogen and oxygen atoms in total. The van der Waals surface area contributed by atoms with Crippen LogP contribution >= 0.6 is 39.3 Å². The fourth-order valence-electron chi connectivity index (χ4n) is 1.26. The van der Waals surface area contributed by atoms with Crippen molar-refractivity contribution in [1.82, 2.24) is 0 Å². The molecule has 0 spiro atoms. The van der Waals surface area contributed by atoms with Crippen LogP contribution in [-0.4, -0.2) is 10.5 Å². The number of hydrogen-bond acceptors (Lipinski definition) is 2. The van der Waals surface area contributed by atoms with Gasteiger partial charge < -0.3 is 5.73 Å². The second kappa shape index (κ2) is 5.91. The lowest BCUT2D eigenvalue weighted by molar-refractivity contribution is 0.594. The van der Waals surface area contributed by atoms with Crippen LogP contribution in [0.1, 0.15) is 32.4 Å². The van der Waals surface area contributed by atoms with E-state index in [-0.39, 0.29) is 15.8 Å². The van der Waals surface area contributed by atoms with Gasteiger partial charge >= 0.3 is 0 Å². The van der Waals surface area contributed by atoms with Crippen LogP contribution in [0.2, 0.25) is 5.02 Å². The van der Waals surface area contributed by atoms with E-state index < -0.39 is 5.82 Å². The van der Waals surface area contributed by atoms with E-state index in [1.54, 1.807) is 23.9 Å². The van der Waals surface area contributed by atoms with Crippen LogP contribution in [0.4, 0.5) is 4.39 Å². The average molecular weight is 341 g/mol. The van der Waals surface area contributed by atoms with Crippen molar-refractivity contribution in [3.63, 3.8) is 0 Å². The maximum atomic E-state index is 13.9. The lowest BCUT2D eigenvalue weighted by Gasteiger charge is -2.21. The van der Waals surface area contributed by atoms with Crippen molar-refractivity contribution in [2.75, 3.05) is 5.75 Å². The van der Waals surface area contributed by atoms with E-state index in [0.717, 1.165) is 0 Å². The predicted octanol–water partition coefficient (Wildman–Crippen LogP) is 4.77. The number of hydrogen-bond donors (Lipinski definition) is 1. The van der Waals surface area contributed by atoms with Crippen LogP contribution < -0.4 is 5.73 Å². The molecular formula is C12H16BrClFNS. The van der Waals surface area contributed by atoms with E-state index in [1.807, 2.05) is 0 Å². The first-order valence-electron chi connectivity index (χ1n) is 5.25. The summed E-state index contributed by atoms with van der Waals surface area (Å²) in [5.41, 5.74) is 6.45. The first-order valence-corrected chi connectivity index (χ1v) is 7.41. The van der Waals surface area contributed by atoms with E-state index in [2.05, 4.69) is 36.7 Å². The van der Waals surface area contributed by atoms with Crippen LogP contribution in [0.3, 0.4) is 0 Å². The highest BCUT2D eigenvalue weighted by atomic mass is 79.9. The molecule has 5 heteroatoms. The van der Waals surface area contributed by atoms with Crippen LogP contribution in [0.25, 0.3) is 0 Å². The van der Waals surface area contributed by atoms with E-state index in [1.165, 1.54) is 0 Å². The van der Waals surface area contributed by atoms with Crippen molar-refractivity contribution in [3.05, 3.63) is 33.0 Å². The molecule has 0 heterocycles. The average Bonchev–Trinajstić information content (AvgIpc) is 2.22. The maximum absolute atomic E-state index is 13.9. The van der Waals surface area contributed by atoms with Gasteiger partial charge in [0, 0.05) is 26.6 Å². The van der Waals surface area contributed by atoms with E-state index in [9.17, 15) is 4.39 Å². The molecule has 1 atom stereocenters. The molecule has 0 amide bonds. The van der Waals surface area contributed by atoms with Crippen molar-refractivity contribution in [1.29, 1.82) is 0 Å². The molecular weight excluding hydrogens is 325 g/mol. The van der Waals surface area contributed by atoms with Gasteiger partial charge in [0.1, 0.15) is 5.82 Å². The van der Waals surface area contributed by atoms with Crippen LogP contribution in [-0.2, 0) is 0 Å². The Morgan fingerprint density at radius 1 is 1.47 bits per heavy atom. The minimum Gasteiger partial charge on any atom is -0.323 e. The van der Waals surface area contributed by atoms with Crippen molar-refractivity contribution in [2.45, 2.75) is 31.6 Å². The zero-order chi connectivity index (χ0) is 13.2. The Bertz CT molecular complexity index is 406. The summed E-state index contributed by atoms with van der Waals surface area (Å²) < 4.78 is 14.6. The largest absolute Gasteiger partial charge is 0.323 e. The Kier molecular flexibility index (Phi) is 5.32. The predicted molar refractivity (Wildman–Crippen MR) is 78.2 cm³/mol. The number of halogens is 3. The summed E-state index contributed by atoms with van der Waals surface area (Å²) in [7, 11) is 0. The van der Waals surface area contributed by atoms with Crippen molar-refractivity contribution < 1.29 is 4.39 Å². The normalized spacial score (nSPS) is 13.8. The quantitative estimate of drug-likeness (QED) is 0.802. The molecule has 0 aromatic heterocycles. The van der Waals surface area contributed by atoms with Gasteiger partial charge in [0.05, 0.1) is 5.02 Å². The van der Waals surface area contributed by atoms with Crippen molar-refractivity contribution in [2.24, 2.45) is 5.73 Å². The summed E-state index contributed by atoms with van der Waals surface area (Å²) in [6, 6.07) is 3.06. The molecule has 0 aliphatic heterocycles. The lowest BCUT2D eigenvalue weighted by atomic mass is 10.1. The van der Waals surface area contributed by atoms with Crippen molar-refractivity contribution >= 4 is 39.3 Å². The summed E-state index contributed by atoms with van der Waals surface area (Å²) in [5, 5.41) is 0.0960. The second-order valence-electron chi connectivity index (χ2n) is 4.79. The Morgan fingerprint density at radius 3 is 2.59 bits per heavy atom. The molecule has 0 radical (unpaired) electrons. The van der Waals surface area contributed by atoms with Gasteiger partial charge in [-0.3, -0.25) is 0 Å². The van der Waals surface area contributed by atoms with Gasteiger partial charge in [-0.1, -0.05) is 38.4 Å². The van der Waals surface area contributed by atoms with Gasteiger partial charge in [0.2, 0.25) is 0 Å². The Balaban J connectivity index is 2.83. The SMILES string of the molecule is CC(C)(C)SCC(N)c1ccc(Br)c(Cl)c1F. The maximum Gasteiger partial charge on any atom is 0.147 e. The van der Waals surface area contributed by atoms with Gasteiger partial charge in [-0.15, -0.1) is 0 Å². The fourth-order valence-corrected chi connectivity index (χ4v) is 2.59. The highest BCUT2D eigenvalue weighted by molar-refractivity contribution is 9.10. The minimum absolute atomic E-state index is 0.0960. The molecule has 0 aliphatic rings. The molecule has 1 unspecified atom stereocenters. The van der Waals surface area contributed by atoms with Gasteiger partial charge in [-0.25, -0.2) is 4.39 Å². The number of rotatable bonds is 3. The first kappa shape index (κ1) is 15.3. The molecule has 0 aliphatic carbocycles. The standard InChI is InChI=1S/C12H16BrClFNS/c1-12(2,3)17-6-9(16)7-4-5-8(13)10(14)11(7)15/h4-5,9H,6,16H2,1-3H3. The summed E-state index contributed by atoms with van der Waals surface area (Å²) in [5.74, 6) is 0.237. The van der Waals surface area contributed by atoms with E-state index in [4.69, 9.17) is 17.3 Å². The Morgan fingerprint density at radius 2 is 2.06 bits per heavy atom. The van der Waals surface area contributed by atoms with E-state index in [0.29, 0.717) is 15.8 Å². The third-order valence-electron chi connectivity index (χ3n) is 2.16. The molecule has 0 saturated heterocycles. The van der Waals surface area contributed by atoms with Crippen LogP contribution in [0.15, 0.2) is 16.6 Å². The second-order valence-corrected chi connectivity index (χ2v) is 7.87. The topological polar surface area (TPSA) is 26.0 Å².